The van der Waals surface area contributed by atoms with E-state index in [4.69, 9.17) is 0 Å². The van der Waals surface area contributed by atoms with E-state index in [9.17, 15) is 0 Å². The highest BCUT2D eigenvalue weighted by Gasteiger charge is 2.28. The van der Waals surface area contributed by atoms with Gasteiger partial charge in [-0.15, -0.1) is 0 Å². The predicted octanol–water partition coefficient (Wildman–Crippen LogP) is 3.08. The monoisotopic (exact) mass is 263 g/mol. The van der Waals surface area contributed by atoms with E-state index in [2.05, 4.69) is 55.9 Å². The lowest BCUT2D eigenvalue weighted by Gasteiger charge is -2.26. The second kappa shape index (κ2) is 5.66. The summed E-state index contributed by atoms with van der Waals surface area (Å²) in [5, 5.41) is 8.14. The minimum absolute atomic E-state index is 0.232. The van der Waals surface area contributed by atoms with Crippen LogP contribution in [-0.4, -0.2) is 21.9 Å². The Kier molecular flexibility index (Phi) is 4.34. The van der Waals surface area contributed by atoms with Crippen LogP contribution in [0.15, 0.2) is 6.07 Å². The zero-order valence-electron chi connectivity index (χ0n) is 13.2. The van der Waals surface area contributed by atoms with Crippen LogP contribution in [0.25, 0.3) is 0 Å². The maximum absolute atomic E-state index is 4.46. The van der Waals surface area contributed by atoms with Crippen LogP contribution in [-0.2, 0) is 13.5 Å². The predicted molar refractivity (Wildman–Crippen MR) is 80.2 cm³/mol. The molecule has 3 heteroatoms. The van der Waals surface area contributed by atoms with Crippen LogP contribution in [0.1, 0.15) is 51.4 Å². The molecular formula is C16H29N3. The molecule has 1 aliphatic rings. The van der Waals surface area contributed by atoms with Gasteiger partial charge < -0.3 is 5.32 Å². The number of nitrogens with zero attached hydrogens (tertiary/aromatic N) is 2. The first-order valence-corrected chi connectivity index (χ1v) is 7.60. The van der Waals surface area contributed by atoms with Gasteiger partial charge in [-0.1, -0.05) is 6.42 Å². The first kappa shape index (κ1) is 14.6. The largest absolute Gasteiger partial charge is 0.312 e. The molecule has 0 spiro atoms. The Balaban J connectivity index is 1.93. The van der Waals surface area contributed by atoms with Crippen molar-refractivity contribution >= 4 is 0 Å². The van der Waals surface area contributed by atoms with Crippen molar-refractivity contribution in [2.45, 2.75) is 58.9 Å². The van der Waals surface area contributed by atoms with Crippen molar-refractivity contribution in [3.63, 3.8) is 0 Å². The van der Waals surface area contributed by atoms with E-state index in [0.29, 0.717) is 0 Å². The highest BCUT2D eigenvalue weighted by Crippen LogP contribution is 2.34. The lowest BCUT2D eigenvalue weighted by Crippen LogP contribution is -2.40. The van der Waals surface area contributed by atoms with Crippen LogP contribution in [0, 0.1) is 18.8 Å². The van der Waals surface area contributed by atoms with Crippen LogP contribution >= 0.6 is 0 Å². The Morgan fingerprint density at radius 1 is 1.32 bits per heavy atom. The molecule has 1 saturated carbocycles. The summed E-state index contributed by atoms with van der Waals surface area (Å²) in [5.74, 6) is 1.65. The molecule has 2 rings (SSSR count). The van der Waals surface area contributed by atoms with Crippen molar-refractivity contribution < 1.29 is 0 Å². The Bertz CT molecular complexity index is 414. The minimum Gasteiger partial charge on any atom is -0.312 e. The summed E-state index contributed by atoms with van der Waals surface area (Å²) in [4.78, 5) is 0. The summed E-state index contributed by atoms with van der Waals surface area (Å²) < 4.78 is 2.06. The van der Waals surface area contributed by atoms with Crippen molar-refractivity contribution in [3.05, 3.63) is 17.5 Å². The Labute approximate surface area is 117 Å². The number of hydrogen-bond acceptors (Lipinski definition) is 2. The molecule has 0 radical (unpaired) electrons. The molecule has 1 N–H and O–H groups in total. The minimum atomic E-state index is 0.232. The molecule has 0 bridgehead atoms. The molecule has 1 aromatic heterocycles. The van der Waals surface area contributed by atoms with Crippen LogP contribution in [0.2, 0.25) is 0 Å². The van der Waals surface area contributed by atoms with E-state index in [1.165, 1.54) is 31.4 Å². The number of nitrogens with one attached hydrogen (secondary N) is 1. The van der Waals surface area contributed by atoms with Crippen molar-refractivity contribution in [2.75, 3.05) is 6.54 Å². The van der Waals surface area contributed by atoms with E-state index >= 15 is 0 Å². The molecule has 19 heavy (non-hydrogen) atoms. The number of aryl methyl sites for hydroxylation is 2. The van der Waals surface area contributed by atoms with Gasteiger partial charge in [-0.3, -0.25) is 4.68 Å². The van der Waals surface area contributed by atoms with Gasteiger partial charge in [0.05, 0.1) is 5.69 Å². The second-order valence-electron chi connectivity index (χ2n) is 7.19. The quantitative estimate of drug-likeness (QED) is 0.904. The third kappa shape index (κ3) is 4.07. The molecule has 2 atom stereocenters. The van der Waals surface area contributed by atoms with Gasteiger partial charge in [0.2, 0.25) is 0 Å². The van der Waals surface area contributed by atoms with Gasteiger partial charge in [-0.2, -0.15) is 5.10 Å². The van der Waals surface area contributed by atoms with Crippen molar-refractivity contribution in [3.8, 4) is 0 Å². The molecule has 0 saturated heterocycles. The lowest BCUT2D eigenvalue weighted by atomic mass is 9.90. The van der Waals surface area contributed by atoms with E-state index in [-0.39, 0.29) is 5.54 Å². The van der Waals surface area contributed by atoms with Crippen molar-refractivity contribution in [1.29, 1.82) is 0 Å². The Morgan fingerprint density at radius 3 is 2.58 bits per heavy atom. The molecule has 1 aliphatic carbocycles. The van der Waals surface area contributed by atoms with Crippen molar-refractivity contribution in [2.24, 2.45) is 18.9 Å². The molecule has 1 fully saturated rings. The van der Waals surface area contributed by atoms with E-state index in [0.717, 1.165) is 24.1 Å². The first-order valence-electron chi connectivity index (χ1n) is 7.60. The maximum Gasteiger partial charge on any atom is 0.0596 e. The third-order valence-electron chi connectivity index (χ3n) is 4.28. The van der Waals surface area contributed by atoms with Gasteiger partial charge in [0.25, 0.3) is 0 Å². The maximum atomic E-state index is 4.46. The second-order valence-corrected chi connectivity index (χ2v) is 7.19. The zero-order valence-corrected chi connectivity index (χ0v) is 13.2. The van der Waals surface area contributed by atoms with Gasteiger partial charge in [-0.05, 0) is 71.4 Å². The molecule has 1 aromatic rings. The average Bonchev–Trinajstić information content (AvgIpc) is 2.83. The zero-order chi connectivity index (χ0) is 14.0. The molecule has 2 unspecified atom stereocenters. The van der Waals surface area contributed by atoms with Gasteiger partial charge in [-0.25, -0.2) is 0 Å². The van der Waals surface area contributed by atoms with Gasteiger partial charge >= 0.3 is 0 Å². The third-order valence-corrected chi connectivity index (χ3v) is 4.28. The average molecular weight is 263 g/mol. The fraction of sp³-hybridized carbons (Fsp3) is 0.812. The highest BCUT2D eigenvalue weighted by molar-refractivity contribution is 5.10. The fourth-order valence-corrected chi connectivity index (χ4v) is 3.21. The summed E-state index contributed by atoms with van der Waals surface area (Å²) in [6, 6.07) is 2.24. The summed E-state index contributed by atoms with van der Waals surface area (Å²) in [5.41, 5.74) is 2.76. The molecule has 3 nitrogen and oxygen atoms in total. The summed E-state index contributed by atoms with van der Waals surface area (Å²) in [6.45, 7) is 9.99. The summed E-state index contributed by atoms with van der Waals surface area (Å²) >= 11 is 0. The van der Waals surface area contributed by atoms with Crippen LogP contribution in [0.4, 0.5) is 0 Å². The molecular weight excluding hydrogens is 234 g/mol. The Morgan fingerprint density at radius 2 is 2.00 bits per heavy atom. The van der Waals surface area contributed by atoms with Gasteiger partial charge in [0.15, 0.2) is 0 Å². The topological polar surface area (TPSA) is 29.9 Å². The molecule has 0 aromatic carbocycles. The van der Waals surface area contributed by atoms with Crippen LogP contribution in [0.5, 0.6) is 0 Å². The molecule has 0 aliphatic heterocycles. The van der Waals surface area contributed by atoms with E-state index in [1.54, 1.807) is 0 Å². The fourth-order valence-electron chi connectivity index (χ4n) is 3.21. The van der Waals surface area contributed by atoms with E-state index < -0.39 is 0 Å². The first-order chi connectivity index (χ1) is 8.85. The highest BCUT2D eigenvalue weighted by atomic mass is 15.3. The van der Waals surface area contributed by atoms with Gasteiger partial charge in [0, 0.05) is 18.3 Å². The number of hydrogen-bond donors (Lipinski definition) is 1. The van der Waals surface area contributed by atoms with E-state index in [1.807, 2.05) is 0 Å². The molecule has 0 amide bonds. The smallest absolute Gasteiger partial charge is 0.0596 e. The van der Waals surface area contributed by atoms with Crippen LogP contribution < -0.4 is 5.32 Å². The standard InChI is InChI=1S/C16H29N3/c1-12-9-15(19(5)18-12)10-13-7-6-8-14(13)11-17-16(2,3)4/h9,13-14,17H,6-8,10-11H2,1-5H3. The van der Waals surface area contributed by atoms with Crippen molar-refractivity contribution in [1.82, 2.24) is 15.1 Å². The number of aromatic nitrogens is 2. The lowest BCUT2D eigenvalue weighted by molar-refractivity contribution is 0.314. The Hall–Kier alpha value is -0.830. The molecule has 1 heterocycles. The van der Waals surface area contributed by atoms with Crippen LogP contribution in [0.3, 0.4) is 0 Å². The number of rotatable bonds is 4. The normalized spacial score (nSPS) is 24.1. The summed E-state index contributed by atoms with van der Waals surface area (Å²) in [6.07, 6.45) is 5.33. The summed E-state index contributed by atoms with van der Waals surface area (Å²) in [7, 11) is 2.07. The molecule has 108 valence electrons. The SMILES string of the molecule is Cc1cc(CC2CCCC2CNC(C)(C)C)n(C)n1. The van der Waals surface area contributed by atoms with Gasteiger partial charge in [0.1, 0.15) is 0 Å².